The Kier molecular flexibility index (Phi) is 20.2. The van der Waals surface area contributed by atoms with Crippen molar-refractivity contribution in [3.8, 4) is 0 Å². The van der Waals surface area contributed by atoms with Gasteiger partial charge in [0.05, 0.1) is 78.1 Å². The van der Waals surface area contributed by atoms with Gasteiger partial charge in [0, 0.05) is 40.6 Å². The van der Waals surface area contributed by atoms with Gasteiger partial charge in [0.25, 0.3) is 0 Å². The van der Waals surface area contributed by atoms with Crippen LogP contribution in [0.2, 0.25) is 0 Å². The van der Waals surface area contributed by atoms with Crippen LogP contribution in [-0.4, -0.2) is 255 Å². The lowest BCUT2D eigenvalue weighted by molar-refractivity contribution is -0.374. The van der Waals surface area contributed by atoms with Crippen LogP contribution in [0.25, 0.3) is 0 Å². The van der Waals surface area contributed by atoms with Crippen molar-refractivity contribution in [3.63, 3.8) is 0 Å². The van der Waals surface area contributed by atoms with Gasteiger partial charge in [0.15, 0.2) is 31.5 Å². The molecule has 1 aromatic carbocycles. The first-order valence-corrected chi connectivity index (χ1v) is 31.0. The molecule has 5 heterocycles. The number of fused-ring (bicyclic) bond motifs is 5. The van der Waals surface area contributed by atoms with Crippen LogP contribution in [0.15, 0.2) is 30.3 Å². The van der Waals surface area contributed by atoms with Crippen molar-refractivity contribution in [2.45, 2.75) is 289 Å². The monoisotopic (exact) mass is 1230 g/mol. The molecule has 10 N–H and O–H groups in total. The molecule has 5 aliphatic heterocycles. The molecule has 0 amide bonds. The van der Waals surface area contributed by atoms with Crippen molar-refractivity contribution in [1.29, 1.82) is 0 Å². The Bertz CT molecular complexity index is 2400. The molecule has 10 rings (SSSR count). The highest BCUT2D eigenvalue weighted by Crippen LogP contribution is 2.72. The maximum absolute atomic E-state index is 13.8. The van der Waals surface area contributed by atoms with E-state index in [1.54, 1.807) is 58.2 Å². The summed E-state index contributed by atoms with van der Waals surface area (Å²) in [4.78, 5) is 13.8. The minimum Gasteiger partial charge on any atom is -0.458 e. The Labute approximate surface area is 502 Å². The standard InChI is InChI=1S/C61H96O25/c1-28-49(36(64)23-42(76-28)80-35-17-18-57(6)34(22-35)16-19-60(71)40(57)26-41(82-54(69)33-14-12-11-13-15-33)58(7)59(70,32(5)63)20-21-61(58,60)72)83-43-24-37(73-8)50(29(2)77-43)84-44-25-38(74-9)51(30(3)78-44)85-56-48(68)53(75-10)52(31(4)79-56)86-55-47(67)46(66)45(65)39(27-62)81-55/h11-15,28-32,34-53,55-56,62-68,70-72H,16-27H2,1-10H3/t28-,29-,30-,31-,32+,34+,35+,36+,37+,38-,39-,40-,41-,42+,43+,44+,45-,46+,47-,48-,49-,50-,51-,52-,53-,55+,56+,57+,58-,59-,60+,61-/m1/s1. The molecule has 490 valence electrons. The molecule has 32 atom stereocenters. The summed E-state index contributed by atoms with van der Waals surface area (Å²) in [5.74, 6) is -1.10. The van der Waals surface area contributed by atoms with E-state index in [1.807, 2.05) is 13.8 Å². The van der Waals surface area contributed by atoms with Gasteiger partial charge in [0.2, 0.25) is 0 Å². The number of carbonyl (C=O) groups excluding carboxylic acids is 1. The second-order valence-corrected chi connectivity index (χ2v) is 26.5. The average molecular weight is 1230 g/mol. The molecule has 1 aromatic rings. The second kappa shape index (κ2) is 26.0. The van der Waals surface area contributed by atoms with Crippen molar-refractivity contribution in [1.82, 2.24) is 0 Å². The molecule has 9 fully saturated rings. The van der Waals surface area contributed by atoms with Gasteiger partial charge in [-0.15, -0.1) is 0 Å². The molecule has 0 radical (unpaired) electrons. The molecule has 9 aliphatic rings. The Morgan fingerprint density at radius 2 is 1.17 bits per heavy atom. The first-order valence-electron chi connectivity index (χ1n) is 31.0. The van der Waals surface area contributed by atoms with E-state index in [9.17, 15) is 55.9 Å². The molecular weight excluding hydrogens is 1130 g/mol. The third kappa shape index (κ3) is 11.7. The van der Waals surface area contributed by atoms with Gasteiger partial charge in [-0.2, -0.15) is 0 Å². The first-order chi connectivity index (χ1) is 40.7. The number of aliphatic hydroxyl groups excluding tert-OH is 7. The van der Waals surface area contributed by atoms with Gasteiger partial charge in [-0.25, -0.2) is 4.79 Å². The highest BCUT2D eigenvalue weighted by atomic mass is 16.8. The largest absolute Gasteiger partial charge is 0.458 e. The molecule has 0 spiro atoms. The zero-order valence-electron chi connectivity index (χ0n) is 51.1. The fourth-order valence-electron chi connectivity index (χ4n) is 16.9. The van der Waals surface area contributed by atoms with Crippen LogP contribution in [-0.2, 0) is 66.3 Å². The summed E-state index contributed by atoms with van der Waals surface area (Å²) < 4.78 is 86.9. The van der Waals surface area contributed by atoms with Crippen LogP contribution in [0.4, 0.5) is 0 Å². The van der Waals surface area contributed by atoms with Gasteiger partial charge < -0.3 is 117 Å². The number of aliphatic hydroxyl groups is 10. The minimum absolute atomic E-state index is 0.0103. The van der Waals surface area contributed by atoms with Crippen LogP contribution in [0.3, 0.4) is 0 Å². The van der Waals surface area contributed by atoms with E-state index in [1.165, 1.54) is 21.1 Å². The van der Waals surface area contributed by atoms with Crippen LogP contribution >= 0.6 is 0 Å². The molecule has 0 bridgehead atoms. The van der Waals surface area contributed by atoms with Crippen molar-refractivity contribution >= 4 is 5.97 Å². The smallest absolute Gasteiger partial charge is 0.338 e. The van der Waals surface area contributed by atoms with Crippen molar-refractivity contribution in [2.24, 2.45) is 22.7 Å². The maximum Gasteiger partial charge on any atom is 0.338 e. The molecule has 25 heteroatoms. The molecule has 4 saturated carbocycles. The summed E-state index contributed by atoms with van der Waals surface area (Å²) in [6.07, 6.45) is -21.0. The number of esters is 1. The summed E-state index contributed by atoms with van der Waals surface area (Å²) in [6.45, 7) is 11.7. The molecular formula is C61H96O25. The summed E-state index contributed by atoms with van der Waals surface area (Å²) in [5.41, 5.74) is -7.22. The Hall–Kier alpha value is -2.23. The Morgan fingerprint density at radius 3 is 1.77 bits per heavy atom. The minimum atomic E-state index is -1.90. The van der Waals surface area contributed by atoms with Crippen LogP contribution in [0.5, 0.6) is 0 Å². The lowest BCUT2D eigenvalue weighted by Gasteiger charge is -2.69. The van der Waals surface area contributed by atoms with E-state index in [2.05, 4.69) is 6.92 Å². The molecule has 4 aliphatic carbocycles. The summed E-state index contributed by atoms with van der Waals surface area (Å²) in [6, 6.07) is 8.54. The number of hydrogen-bond donors (Lipinski definition) is 10. The number of benzene rings is 1. The van der Waals surface area contributed by atoms with Gasteiger partial charge in [0.1, 0.15) is 78.3 Å². The predicted molar refractivity (Wildman–Crippen MR) is 296 cm³/mol. The lowest BCUT2D eigenvalue weighted by atomic mass is 9.40. The fraction of sp³-hybridized carbons (Fsp3) is 0.885. The molecule has 86 heavy (non-hydrogen) atoms. The predicted octanol–water partition coefficient (Wildman–Crippen LogP) is 0.849. The summed E-state index contributed by atoms with van der Waals surface area (Å²) in [7, 11) is 4.45. The van der Waals surface area contributed by atoms with Crippen LogP contribution < -0.4 is 0 Å². The highest BCUT2D eigenvalue weighted by molar-refractivity contribution is 5.89. The normalized spacial score (nSPS) is 51.9. The second-order valence-electron chi connectivity index (χ2n) is 26.5. The van der Waals surface area contributed by atoms with Crippen LogP contribution in [0.1, 0.15) is 129 Å². The van der Waals surface area contributed by atoms with E-state index in [0.29, 0.717) is 31.2 Å². The van der Waals surface area contributed by atoms with Crippen LogP contribution in [0, 0.1) is 22.7 Å². The van der Waals surface area contributed by atoms with E-state index >= 15 is 0 Å². The topological polar surface area (TPSA) is 349 Å². The fourth-order valence-corrected chi connectivity index (χ4v) is 16.9. The quantitative estimate of drug-likeness (QED) is 0.0763. The summed E-state index contributed by atoms with van der Waals surface area (Å²) in [5, 5.41) is 114. The number of rotatable bonds is 17. The van der Waals surface area contributed by atoms with Gasteiger partial charge in [-0.1, -0.05) is 32.0 Å². The van der Waals surface area contributed by atoms with Crippen molar-refractivity contribution in [2.75, 3.05) is 27.9 Å². The molecule has 0 aromatic heterocycles. The first kappa shape index (κ1) is 66.7. The van der Waals surface area contributed by atoms with Crippen molar-refractivity contribution < 1.29 is 122 Å². The third-order valence-electron chi connectivity index (χ3n) is 22.0. The number of ether oxygens (including phenoxy) is 14. The molecule has 0 unspecified atom stereocenters. The number of methoxy groups -OCH3 is 3. The third-order valence-corrected chi connectivity index (χ3v) is 22.0. The van der Waals surface area contributed by atoms with Gasteiger partial charge in [-0.3, -0.25) is 0 Å². The van der Waals surface area contributed by atoms with E-state index < -0.39 is 194 Å². The molecule has 25 nitrogen and oxygen atoms in total. The number of carbonyl (C=O) groups is 1. The highest BCUT2D eigenvalue weighted by Gasteiger charge is 2.81. The van der Waals surface area contributed by atoms with Gasteiger partial charge in [-0.05, 0) is 115 Å². The maximum atomic E-state index is 13.8. The van der Waals surface area contributed by atoms with Gasteiger partial charge >= 0.3 is 5.97 Å². The Morgan fingerprint density at radius 1 is 0.605 bits per heavy atom. The molecule has 5 saturated heterocycles. The SMILES string of the molecule is CO[C@@H]1[C@@H](O)[C@H](O[C@@H]2[C@@H](C)O[C@@H](O[C@H]3[C@@H](OC)C[C@H](O[C@H]4[C@@H](O)C[C@H](O[C@H]5CC[C@@]6(C)[C@@H](CC[C@]7(O)[C@@H]6C[C@@H](OC(=O)c6ccccc6)[C@@]6(C)[C@]7(O)CC[C@@]6(O)[C@H](C)O)C5)O[C@@H]4C)O[C@@H]3C)C[C@H]2OC)O[C@H](C)[C@H]1O[C@@H]1O[C@H](CO)[C@@H](O)[C@H](O)[C@H]1O. The van der Waals surface area contributed by atoms with Crippen molar-refractivity contribution in [3.05, 3.63) is 35.9 Å². The van der Waals surface area contributed by atoms with E-state index in [-0.39, 0.29) is 57.0 Å². The summed E-state index contributed by atoms with van der Waals surface area (Å²) >= 11 is 0. The lowest BCUT2D eigenvalue weighted by Crippen LogP contribution is -2.79. The van der Waals surface area contributed by atoms with E-state index in [4.69, 9.17) is 66.3 Å². The van der Waals surface area contributed by atoms with E-state index in [0.717, 1.165) is 0 Å². The zero-order valence-corrected chi connectivity index (χ0v) is 51.1. The Balaban J connectivity index is 0.712. The zero-order chi connectivity index (χ0) is 62.2. The average Bonchev–Trinajstić information content (AvgIpc) is 1.37. The number of hydrogen-bond acceptors (Lipinski definition) is 25.